The van der Waals surface area contributed by atoms with Crippen LogP contribution in [0.1, 0.15) is 0 Å². The van der Waals surface area contributed by atoms with Crippen LogP contribution >= 0.6 is 11.6 Å². The highest BCUT2D eigenvalue weighted by atomic mass is 35.5. The summed E-state index contributed by atoms with van der Waals surface area (Å²) < 4.78 is 5.90. The number of ether oxygens (including phenoxy) is 1. The zero-order chi connectivity index (χ0) is 12.1. The van der Waals surface area contributed by atoms with Crippen LogP contribution in [-0.2, 0) is 11.8 Å². The highest BCUT2D eigenvalue weighted by Crippen LogP contribution is 2.14. The predicted octanol–water partition coefficient (Wildman–Crippen LogP) is -0.147. The molecular formula is C9H14ClN3O3. The van der Waals surface area contributed by atoms with Crippen LogP contribution in [0.5, 0.6) is 0 Å². The van der Waals surface area contributed by atoms with Gasteiger partial charge in [-0.1, -0.05) is 11.6 Å². The van der Waals surface area contributed by atoms with Crippen LogP contribution in [0, 0.1) is 0 Å². The van der Waals surface area contributed by atoms with Crippen LogP contribution in [-0.4, -0.2) is 41.3 Å². The van der Waals surface area contributed by atoms with Gasteiger partial charge in [-0.15, -0.1) is 0 Å². The summed E-state index contributed by atoms with van der Waals surface area (Å²) >= 11 is 5.81. The van der Waals surface area contributed by atoms with E-state index in [1.165, 1.54) is 20.4 Å². The first-order chi connectivity index (χ1) is 7.56. The zero-order valence-electron chi connectivity index (χ0n) is 9.11. The lowest BCUT2D eigenvalue weighted by Gasteiger charge is -2.12. The quantitative estimate of drug-likeness (QED) is 0.757. The van der Waals surface area contributed by atoms with E-state index in [0.717, 1.165) is 4.68 Å². The first kappa shape index (κ1) is 13.0. The molecule has 0 aliphatic rings. The normalized spacial score (nSPS) is 12.5. The van der Waals surface area contributed by atoms with Crippen LogP contribution in [0.4, 0.5) is 5.69 Å². The van der Waals surface area contributed by atoms with Gasteiger partial charge in [0.25, 0.3) is 5.56 Å². The topological polar surface area (TPSA) is 76.4 Å². The molecule has 0 fully saturated rings. The molecule has 0 aromatic carbocycles. The summed E-state index contributed by atoms with van der Waals surface area (Å²) in [6.07, 6.45) is 0.772. The maximum atomic E-state index is 11.4. The average Bonchev–Trinajstić information content (AvgIpc) is 2.25. The SMILES string of the molecule is COCC(O)CNc1cnn(C)c(=O)c1Cl. The van der Waals surface area contributed by atoms with E-state index in [4.69, 9.17) is 16.3 Å². The van der Waals surface area contributed by atoms with Crippen LogP contribution in [0.3, 0.4) is 0 Å². The van der Waals surface area contributed by atoms with Gasteiger partial charge >= 0.3 is 0 Å². The number of anilines is 1. The molecular weight excluding hydrogens is 234 g/mol. The Morgan fingerprint density at radius 2 is 2.44 bits per heavy atom. The Labute approximate surface area is 97.8 Å². The number of methoxy groups -OCH3 is 1. The van der Waals surface area contributed by atoms with Gasteiger partial charge in [0, 0.05) is 20.7 Å². The molecule has 1 heterocycles. The molecule has 0 saturated heterocycles. The molecule has 6 nitrogen and oxygen atoms in total. The van der Waals surface area contributed by atoms with Gasteiger partial charge in [0.2, 0.25) is 0 Å². The molecule has 1 aromatic rings. The molecule has 1 aromatic heterocycles. The number of halogens is 1. The van der Waals surface area contributed by atoms with E-state index in [2.05, 4.69) is 10.4 Å². The minimum absolute atomic E-state index is 0.0575. The number of hydrogen-bond acceptors (Lipinski definition) is 5. The molecule has 0 saturated carbocycles. The van der Waals surface area contributed by atoms with Crippen molar-refractivity contribution in [2.75, 3.05) is 25.6 Å². The van der Waals surface area contributed by atoms with Crippen molar-refractivity contribution in [3.05, 3.63) is 21.6 Å². The number of hydrogen-bond donors (Lipinski definition) is 2. The van der Waals surface area contributed by atoms with Crippen molar-refractivity contribution in [3.8, 4) is 0 Å². The van der Waals surface area contributed by atoms with E-state index >= 15 is 0 Å². The molecule has 0 radical (unpaired) electrons. The highest BCUT2D eigenvalue weighted by Gasteiger charge is 2.09. The molecule has 0 amide bonds. The van der Waals surface area contributed by atoms with E-state index in [9.17, 15) is 9.90 Å². The maximum absolute atomic E-state index is 11.4. The molecule has 1 unspecified atom stereocenters. The Bertz CT molecular complexity index is 407. The van der Waals surface area contributed by atoms with Crippen molar-refractivity contribution in [1.29, 1.82) is 0 Å². The van der Waals surface area contributed by atoms with Gasteiger partial charge in [0.15, 0.2) is 0 Å². The number of nitrogens with zero attached hydrogens (tertiary/aromatic N) is 2. The van der Waals surface area contributed by atoms with E-state index in [0.29, 0.717) is 5.69 Å². The van der Waals surface area contributed by atoms with Gasteiger partial charge in [0.05, 0.1) is 24.6 Å². The second kappa shape index (κ2) is 5.83. The number of aryl methyl sites for hydroxylation is 1. The minimum Gasteiger partial charge on any atom is -0.389 e. The van der Waals surface area contributed by atoms with Gasteiger partial charge in [-0.2, -0.15) is 5.10 Å². The highest BCUT2D eigenvalue weighted by molar-refractivity contribution is 6.32. The second-order valence-corrected chi connectivity index (χ2v) is 3.67. The third-order valence-corrected chi connectivity index (χ3v) is 2.33. The second-order valence-electron chi connectivity index (χ2n) is 3.29. The molecule has 7 heteroatoms. The van der Waals surface area contributed by atoms with Crippen molar-refractivity contribution in [2.24, 2.45) is 7.05 Å². The summed E-state index contributed by atoms with van der Waals surface area (Å²) in [6.45, 7) is 0.450. The molecule has 0 bridgehead atoms. The fourth-order valence-electron chi connectivity index (χ4n) is 1.11. The van der Waals surface area contributed by atoms with Gasteiger partial charge in [-0.05, 0) is 0 Å². The molecule has 1 atom stereocenters. The van der Waals surface area contributed by atoms with Crippen LogP contribution < -0.4 is 10.9 Å². The van der Waals surface area contributed by atoms with Gasteiger partial charge in [0.1, 0.15) is 5.02 Å². The van der Waals surface area contributed by atoms with Crippen LogP contribution in [0.15, 0.2) is 11.0 Å². The lowest BCUT2D eigenvalue weighted by molar-refractivity contribution is 0.0727. The molecule has 1 rings (SSSR count). The number of aliphatic hydroxyl groups excluding tert-OH is 1. The zero-order valence-corrected chi connectivity index (χ0v) is 9.86. The van der Waals surface area contributed by atoms with Gasteiger partial charge < -0.3 is 15.2 Å². The molecule has 2 N–H and O–H groups in total. The standard InChI is InChI=1S/C9H14ClN3O3/c1-13-9(15)8(10)7(4-12-13)11-3-6(14)5-16-2/h4,6,11,14H,3,5H2,1-2H3. The fourth-order valence-corrected chi connectivity index (χ4v) is 1.35. The Balaban J connectivity index is 2.68. The summed E-state index contributed by atoms with van der Waals surface area (Å²) in [5.41, 5.74) is 0.0211. The summed E-state index contributed by atoms with van der Waals surface area (Å²) in [6, 6.07) is 0. The molecule has 0 spiro atoms. The monoisotopic (exact) mass is 247 g/mol. The van der Waals surface area contributed by atoms with Gasteiger partial charge in [-0.25, -0.2) is 4.68 Å². The van der Waals surface area contributed by atoms with Crippen LogP contribution in [0.25, 0.3) is 0 Å². The first-order valence-electron chi connectivity index (χ1n) is 4.69. The summed E-state index contributed by atoms with van der Waals surface area (Å²) in [4.78, 5) is 11.4. The van der Waals surface area contributed by atoms with E-state index in [1.54, 1.807) is 0 Å². The maximum Gasteiger partial charge on any atom is 0.287 e. The van der Waals surface area contributed by atoms with Crippen LogP contribution in [0.2, 0.25) is 5.02 Å². The molecule has 16 heavy (non-hydrogen) atoms. The number of nitrogens with one attached hydrogen (secondary N) is 1. The Morgan fingerprint density at radius 3 is 3.06 bits per heavy atom. The molecule has 90 valence electrons. The summed E-state index contributed by atoms with van der Waals surface area (Å²) in [5, 5.41) is 16.1. The number of aliphatic hydroxyl groups is 1. The molecule has 0 aliphatic heterocycles. The first-order valence-corrected chi connectivity index (χ1v) is 5.06. The van der Waals surface area contributed by atoms with Crippen molar-refractivity contribution in [3.63, 3.8) is 0 Å². The smallest absolute Gasteiger partial charge is 0.287 e. The Hall–Kier alpha value is -1.11. The van der Waals surface area contributed by atoms with Crippen molar-refractivity contribution in [2.45, 2.75) is 6.10 Å². The van der Waals surface area contributed by atoms with Gasteiger partial charge in [-0.3, -0.25) is 4.79 Å². The lowest BCUT2D eigenvalue weighted by atomic mass is 10.3. The predicted molar refractivity (Wildman–Crippen MR) is 60.9 cm³/mol. The average molecular weight is 248 g/mol. The largest absolute Gasteiger partial charge is 0.389 e. The van der Waals surface area contributed by atoms with E-state index in [1.807, 2.05) is 0 Å². The van der Waals surface area contributed by atoms with E-state index in [-0.39, 0.29) is 23.7 Å². The number of rotatable bonds is 5. The number of aromatic nitrogens is 2. The van der Waals surface area contributed by atoms with Crippen molar-refractivity contribution < 1.29 is 9.84 Å². The minimum atomic E-state index is -0.662. The third-order valence-electron chi connectivity index (χ3n) is 1.97. The van der Waals surface area contributed by atoms with Crippen molar-refractivity contribution >= 4 is 17.3 Å². The third kappa shape index (κ3) is 3.19. The van der Waals surface area contributed by atoms with Crippen molar-refractivity contribution in [1.82, 2.24) is 9.78 Å². The Morgan fingerprint density at radius 1 is 1.75 bits per heavy atom. The fraction of sp³-hybridized carbons (Fsp3) is 0.556. The summed E-state index contributed by atoms with van der Waals surface area (Å²) in [7, 11) is 3.01. The van der Waals surface area contributed by atoms with E-state index < -0.39 is 6.10 Å². The molecule has 0 aliphatic carbocycles. The summed E-state index contributed by atoms with van der Waals surface area (Å²) in [5.74, 6) is 0. The lowest BCUT2D eigenvalue weighted by Crippen LogP contribution is -2.26. The Kier molecular flexibility index (Phi) is 4.72.